The number of aromatic nitrogens is 1. The molecule has 7 heteroatoms. The second-order valence-corrected chi connectivity index (χ2v) is 6.74. The highest BCUT2D eigenvalue weighted by Crippen LogP contribution is 2.30. The third kappa shape index (κ3) is 3.65. The second kappa shape index (κ2) is 5.92. The van der Waals surface area contributed by atoms with Gasteiger partial charge in [0.05, 0.1) is 5.54 Å². The van der Waals surface area contributed by atoms with Gasteiger partial charge in [-0.15, -0.1) is 6.42 Å². The first-order chi connectivity index (χ1) is 9.82. The molecule has 0 spiro atoms. The molecule has 1 amide bonds. The minimum absolute atomic E-state index is 0.246. The van der Waals surface area contributed by atoms with E-state index < -0.39 is 5.54 Å². The molecule has 1 fully saturated rings. The van der Waals surface area contributed by atoms with Crippen molar-refractivity contribution < 1.29 is 4.79 Å². The van der Waals surface area contributed by atoms with E-state index in [4.69, 9.17) is 17.9 Å². The number of carbonyl (C=O) groups excluding carboxylic acids is 1. The standard InChI is InChI=1S/C14H21N5OS/c1-4-14(2,3)18-12(20)10-11(16)17-13(21-10)19-7-5-9(15)6-8-19/h1,9H,5-8,15-16H2,2-3H3,(H,18,20). The van der Waals surface area contributed by atoms with E-state index in [1.807, 2.05) is 0 Å². The Balaban J connectivity index is 2.12. The van der Waals surface area contributed by atoms with Crippen molar-refractivity contribution in [2.75, 3.05) is 23.7 Å². The fraction of sp³-hybridized carbons (Fsp3) is 0.571. The van der Waals surface area contributed by atoms with Gasteiger partial charge in [0, 0.05) is 19.1 Å². The van der Waals surface area contributed by atoms with Crippen molar-refractivity contribution in [3.8, 4) is 12.3 Å². The van der Waals surface area contributed by atoms with Gasteiger partial charge in [-0.1, -0.05) is 17.3 Å². The minimum Gasteiger partial charge on any atom is -0.382 e. The number of anilines is 2. The average molecular weight is 307 g/mol. The van der Waals surface area contributed by atoms with Gasteiger partial charge in [-0.3, -0.25) is 4.79 Å². The van der Waals surface area contributed by atoms with Crippen LogP contribution in [0.4, 0.5) is 10.9 Å². The number of nitrogens with one attached hydrogen (secondary N) is 1. The van der Waals surface area contributed by atoms with E-state index in [1.54, 1.807) is 13.8 Å². The Bertz CT molecular complexity index is 566. The Morgan fingerprint density at radius 3 is 2.71 bits per heavy atom. The van der Waals surface area contributed by atoms with Crippen LogP contribution >= 0.6 is 11.3 Å². The second-order valence-electron chi connectivity index (χ2n) is 5.76. The highest BCUT2D eigenvalue weighted by Gasteiger charge is 2.25. The van der Waals surface area contributed by atoms with Crippen LogP contribution < -0.4 is 21.7 Å². The molecule has 0 atom stereocenters. The summed E-state index contributed by atoms with van der Waals surface area (Å²) in [4.78, 5) is 19.1. The lowest BCUT2D eigenvalue weighted by Crippen LogP contribution is -2.42. The Morgan fingerprint density at radius 1 is 1.52 bits per heavy atom. The summed E-state index contributed by atoms with van der Waals surface area (Å²) in [6.45, 7) is 5.19. The predicted octanol–water partition coefficient (Wildman–Crippen LogP) is 0.794. The number of thiazole rings is 1. The van der Waals surface area contributed by atoms with Crippen LogP contribution in [0.1, 0.15) is 36.4 Å². The monoisotopic (exact) mass is 307 g/mol. The first kappa shape index (κ1) is 15.6. The summed E-state index contributed by atoms with van der Waals surface area (Å²) >= 11 is 1.29. The molecule has 1 aromatic heterocycles. The number of carbonyl (C=O) groups is 1. The van der Waals surface area contributed by atoms with Gasteiger partial charge in [-0.25, -0.2) is 4.98 Å². The SMILES string of the molecule is C#CC(C)(C)NC(=O)c1sc(N2CCC(N)CC2)nc1N. The summed E-state index contributed by atoms with van der Waals surface area (Å²) in [5, 5.41) is 3.53. The van der Waals surface area contributed by atoms with Crippen LogP contribution in [-0.2, 0) is 0 Å². The molecule has 2 rings (SSSR count). The van der Waals surface area contributed by atoms with Crippen molar-refractivity contribution in [3.05, 3.63) is 4.88 Å². The average Bonchev–Trinajstić information content (AvgIpc) is 2.81. The molecule has 0 bridgehead atoms. The molecule has 21 heavy (non-hydrogen) atoms. The topological polar surface area (TPSA) is 97.3 Å². The molecule has 0 aromatic carbocycles. The van der Waals surface area contributed by atoms with Gasteiger partial charge < -0.3 is 21.7 Å². The van der Waals surface area contributed by atoms with Gasteiger partial charge >= 0.3 is 0 Å². The van der Waals surface area contributed by atoms with E-state index in [1.165, 1.54) is 11.3 Å². The van der Waals surface area contributed by atoms with Crippen molar-refractivity contribution >= 4 is 28.2 Å². The van der Waals surface area contributed by atoms with Crippen LogP contribution in [0.25, 0.3) is 0 Å². The van der Waals surface area contributed by atoms with Gasteiger partial charge in [0.15, 0.2) is 5.13 Å². The molecule has 5 N–H and O–H groups in total. The lowest BCUT2D eigenvalue weighted by Gasteiger charge is -2.29. The van der Waals surface area contributed by atoms with E-state index >= 15 is 0 Å². The number of rotatable bonds is 3. The van der Waals surface area contributed by atoms with Gasteiger partial charge in [-0.05, 0) is 26.7 Å². The Labute approximate surface area is 128 Å². The largest absolute Gasteiger partial charge is 0.382 e. The summed E-state index contributed by atoms with van der Waals surface area (Å²) in [6, 6.07) is 0.248. The molecule has 1 aromatic rings. The van der Waals surface area contributed by atoms with E-state index in [2.05, 4.69) is 21.1 Å². The number of hydrogen-bond donors (Lipinski definition) is 3. The normalized spacial score (nSPS) is 16.6. The zero-order valence-electron chi connectivity index (χ0n) is 12.3. The molecular weight excluding hydrogens is 286 g/mol. The number of hydrogen-bond acceptors (Lipinski definition) is 6. The Kier molecular flexibility index (Phi) is 4.40. The summed E-state index contributed by atoms with van der Waals surface area (Å²) in [7, 11) is 0. The smallest absolute Gasteiger partial charge is 0.266 e. The maximum absolute atomic E-state index is 12.2. The molecule has 1 aliphatic rings. The molecule has 114 valence electrons. The summed E-state index contributed by atoms with van der Waals surface area (Å²) < 4.78 is 0. The third-order valence-electron chi connectivity index (χ3n) is 3.45. The van der Waals surface area contributed by atoms with Crippen molar-refractivity contribution in [1.82, 2.24) is 10.3 Å². The van der Waals surface area contributed by atoms with Crippen LogP contribution in [0.5, 0.6) is 0 Å². The highest BCUT2D eigenvalue weighted by molar-refractivity contribution is 7.18. The number of piperidine rings is 1. The molecular formula is C14H21N5OS. The first-order valence-corrected chi connectivity index (χ1v) is 7.71. The lowest BCUT2D eigenvalue weighted by atomic mass is 10.1. The number of amides is 1. The molecule has 0 saturated carbocycles. The molecule has 1 saturated heterocycles. The van der Waals surface area contributed by atoms with E-state index in [0.717, 1.165) is 31.1 Å². The fourth-order valence-electron chi connectivity index (χ4n) is 2.09. The zero-order valence-corrected chi connectivity index (χ0v) is 13.2. The molecule has 2 heterocycles. The summed E-state index contributed by atoms with van der Waals surface area (Å²) in [5.74, 6) is 2.48. The lowest BCUT2D eigenvalue weighted by molar-refractivity contribution is 0.0934. The number of nitrogen functional groups attached to an aromatic ring is 1. The Hall–Kier alpha value is -1.78. The van der Waals surface area contributed by atoms with Gasteiger partial charge in [0.1, 0.15) is 10.7 Å². The first-order valence-electron chi connectivity index (χ1n) is 6.89. The van der Waals surface area contributed by atoms with Crippen LogP contribution in [0.3, 0.4) is 0 Å². The third-order valence-corrected chi connectivity index (χ3v) is 4.58. The number of nitrogens with zero attached hydrogens (tertiary/aromatic N) is 2. The van der Waals surface area contributed by atoms with E-state index in [9.17, 15) is 4.79 Å². The Morgan fingerprint density at radius 2 is 2.14 bits per heavy atom. The van der Waals surface area contributed by atoms with E-state index in [-0.39, 0.29) is 17.8 Å². The van der Waals surface area contributed by atoms with Gasteiger partial charge in [0.25, 0.3) is 5.91 Å². The highest BCUT2D eigenvalue weighted by atomic mass is 32.1. The maximum Gasteiger partial charge on any atom is 0.266 e. The quantitative estimate of drug-likeness (QED) is 0.718. The molecule has 1 aliphatic heterocycles. The maximum atomic E-state index is 12.2. The van der Waals surface area contributed by atoms with Gasteiger partial charge in [0.2, 0.25) is 0 Å². The fourth-order valence-corrected chi connectivity index (χ4v) is 3.02. The molecule has 0 unspecified atom stereocenters. The number of terminal acetylenes is 1. The van der Waals surface area contributed by atoms with Crippen LogP contribution in [0, 0.1) is 12.3 Å². The van der Waals surface area contributed by atoms with Crippen LogP contribution in [0.15, 0.2) is 0 Å². The minimum atomic E-state index is -0.717. The van der Waals surface area contributed by atoms with Crippen LogP contribution in [0.2, 0.25) is 0 Å². The summed E-state index contributed by atoms with van der Waals surface area (Å²) in [5.41, 5.74) is 11.0. The van der Waals surface area contributed by atoms with Crippen molar-refractivity contribution in [1.29, 1.82) is 0 Å². The summed E-state index contributed by atoms with van der Waals surface area (Å²) in [6.07, 6.45) is 7.22. The van der Waals surface area contributed by atoms with E-state index in [0.29, 0.717) is 4.88 Å². The molecule has 0 aliphatic carbocycles. The molecule has 0 radical (unpaired) electrons. The zero-order chi connectivity index (χ0) is 15.6. The van der Waals surface area contributed by atoms with Crippen molar-refractivity contribution in [2.45, 2.75) is 38.3 Å². The van der Waals surface area contributed by atoms with Crippen molar-refractivity contribution in [2.24, 2.45) is 5.73 Å². The molecule has 6 nitrogen and oxygen atoms in total. The van der Waals surface area contributed by atoms with Gasteiger partial charge in [-0.2, -0.15) is 0 Å². The van der Waals surface area contributed by atoms with Crippen LogP contribution in [-0.4, -0.2) is 35.6 Å². The number of nitrogens with two attached hydrogens (primary N) is 2. The predicted molar refractivity (Wildman–Crippen MR) is 86.3 cm³/mol. The van der Waals surface area contributed by atoms with Crippen molar-refractivity contribution in [3.63, 3.8) is 0 Å².